The SMILES string of the molecule is O=C(O)C[C@@H](C(=O)O)N1C(=O)/C(=C\c2ccc(-c3nc4ccccc4s3)o2)SC1=S. The summed E-state index contributed by atoms with van der Waals surface area (Å²) < 4.78 is 6.79. The summed E-state index contributed by atoms with van der Waals surface area (Å²) in [5.41, 5.74) is 0.856. The highest BCUT2D eigenvalue weighted by Crippen LogP contribution is 2.36. The van der Waals surface area contributed by atoms with E-state index in [1.165, 1.54) is 17.4 Å². The van der Waals surface area contributed by atoms with Gasteiger partial charge in [-0.05, 0) is 24.3 Å². The van der Waals surface area contributed by atoms with E-state index < -0.39 is 30.3 Å². The van der Waals surface area contributed by atoms with Crippen molar-refractivity contribution in [1.29, 1.82) is 0 Å². The number of aromatic nitrogens is 1. The van der Waals surface area contributed by atoms with Crippen LogP contribution in [0.4, 0.5) is 0 Å². The number of para-hydroxylation sites is 1. The van der Waals surface area contributed by atoms with E-state index in [0.717, 1.165) is 26.9 Å². The first-order valence-electron chi connectivity index (χ1n) is 8.51. The van der Waals surface area contributed by atoms with Crippen LogP contribution in [-0.4, -0.2) is 48.3 Å². The minimum atomic E-state index is -1.57. The number of nitrogens with zero attached hydrogens (tertiary/aromatic N) is 2. The second kappa shape index (κ2) is 8.01. The van der Waals surface area contributed by atoms with Gasteiger partial charge >= 0.3 is 11.9 Å². The van der Waals surface area contributed by atoms with E-state index in [1.807, 2.05) is 24.3 Å². The van der Waals surface area contributed by atoms with Crippen molar-refractivity contribution in [3.63, 3.8) is 0 Å². The Kier molecular flexibility index (Phi) is 5.41. The van der Waals surface area contributed by atoms with Crippen molar-refractivity contribution in [2.75, 3.05) is 0 Å². The number of carboxylic acid groups (broad SMARTS) is 2. The fourth-order valence-corrected chi connectivity index (χ4v) is 5.12. The molecule has 30 heavy (non-hydrogen) atoms. The van der Waals surface area contributed by atoms with Crippen LogP contribution in [0.5, 0.6) is 0 Å². The third kappa shape index (κ3) is 3.86. The molecule has 4 rings (SSSR count). The first-order chi connectivity index (χ1) is 14.3. The number of amides is 1. The Morgan fingerprint density at radius 1 is 1.23 bits per heavy atom. The lowest BCUT2D eigenvalue weighted by Crippen LogP contribution is -2.45. The van der Waals surface area contributed by atoms with Gasteiger partial charge in [0.1, 0.15) is 16.1 Å². The number of aliphatic carboxylic acids is 2. The quantitative estimate of drug-likeness (QED) is 0.419. The lowest BCUT2D eigenvalue weighted by Gasteiger charge is -2.21. The van der Waals surface area contributed by atoms with Gasteiger partial charge in [0, 0.05) is 6.08 Å². The lowest BCUT2D eigenvalue weighted by atomic mass is 10.2. The maximum Gasteiger partial charge on any atom is 0.327 e. The molecular weight excluding hydrogens is 448 g/mol. The normalized spacial score (nSPS) is 16.5. The number of carbonyl (C=O) groups excluding carboxylic acids is 1. The summed E-state index contributed by atoms with van der Waals surface area (Å²) in [5.74, 6) is -2.54. The maximum atomic E-state index is 12.7. The summed E-state index contributed by atoms with van der Waals surface area (Å²) in [4.78, 5) is 40.6. The maximum absolute atomic E-state index is 12.7. The van der Waals surface area contributed by atoms with E-state index in [0.29, 0.717) is 16.5 Å². The minimum Gasteiger partial charge on any atom is -0.481 e. The fraction of sp³-hybridized carbons (Fsp3) is 0.105. The van der Waals surface area contributed by atoms with Crippen LogP contribution in [0.15, 0.2) is 45.7 Å². The molecule has 8 nitrogen and oxygen atoms in total. The summed E-state index contributed by atoms with van der Waals surface area (Å²) in [5, 5.41) is 18.9. The second-order valence-electron chi connectivity index (χ2n) is 6.19. The van der Waals surface area contributed by atoms with Gasteiger partial charge < -0.3 is 14.6 Å². The largest absolute Gasteiger partial charge is 0.481 e. The van der Waals surface area contributed by atoms with Crippen molar-refractivity contribution < 1.29 is 29.0 Å². The van der Waals surface area contributed by atoms with Crippen molar-refractivity contribution in [2.45, 2.75) is 12.5 Å². The Morgan fingerprint density at radius 2 is 2.00 bits per heavy atom. The van der Waals surface area contributed by atoms with Gasteiger partial charge in [0.15, 0.2) is 10.8 Å². The molecule has 3 aromatic rings. The molecule has 1 fully saturated rings. The molecule has 0 bridgehead atoms. The van der Waals surface area contributed by atoms with Crippen LogP contribution < -0.4 is 0 Å². The molecule has 1 amide bonds. The van der Waals surface area contributed by atoms with Gasteiger partial charge in [0.2, 0.25) is 0 Å². The molecule has 0 unspecified atom stereocenters. The predicted molar refractivity (Wildman–Crippen MR) is 116 cm³/mol. The first kappa shape index (κ1) is 20.3. The Balaban J connectivity index is 1.59. The van der Waals surface area contributed by atoms with Crippen LogP contribution in [0.2, 0.25) is 0 Å². The van der Waals surface area contributed by atoms with E-state index in [2.05, 4.69) is 4.98 Å². The summed E-state index contributed by atoms with van der Waals surface area (Å²) in [7, 11) is 0. The topological polar surface area (TPSA) is 121 Å². The molecule has 1 aromatic carbocycles. The zero-order chi connectivity index (χ0) is 21.4. The van der Waals surface area contributed by atoms with Crippen LogP contribution >= 0.6 is 35.3 Å². The van der Waals surface area contributed by atoms with Gasteiger partial charge in [0.05, 0.1) is 21.5 Å². The highest BCUT2D eigenvalue weighted by molar-refractivity contribution is 8.26. The van der Waals surface area contributed by atoms with Crippen molar-refractivity contribution >= 4 is 73.8 Å². The number of rotatable bonds is 6. The van der Waals surface area contributed by atoms with Crippen LogP contribution in [-0.2, 0) is 14.4 Å². The molecule has 1 aliphatic heterocycles. The highest BCUT2D eigenvalue weighted by atomic mass is 32.2. The smallest absolute Gasteiger partial charge is 0.327 e. The van der Waals surface area contributed by atoms with Crippen molar-refractivity contribution in [1.82, 2.24) is 9.88 Å². The fourth-order valence-electron chi connectivity index (χ4n) is 2.86. The number of thiocarbonyl (C=S) groups is 1. The van der Waals surface area contributed by atoms with Gasteiger partial charge in [-0.2, -0.15) is 0 Å². The number of thiazole rings is 1. The zero-order valence-electron chi connectivity index (χ0n) is 15.0. The summed E-state index contributed by atoms with van der Waals surface area (Å²) in [6, 6.07) is 9.51. The highest BCUT2D eigenvalue weighted by Gasteiger charge is 2.41. The Labute approximate surface area is 182 Å². The van der Waals surface area contributed by atoms with Crippen molar-refractivity contribution in [2.24, 2.45) is 0 Å². The summed E-state index contributed by atoms with van der Waals surface area (Å²) in [6.45, 7) is 0. The van der Waals surface area contributed by atoms with Crippen molar-refractivity contribution in [3.8, 4) is 10.8 Å². The van der Waals surface area contributed by atoms with Gasteiger partial charge in [-0.3, -0.25) is 14.5 Å². The van der Waals surface area contributed by atoms with E-state index in [9.17, 15) is 19.5 Å². The molecule has 3 heterocycles. The number of hydrogen-bond donors (Lipinski definition) is 2. The van der Waals surface area contributed by atoms with Crippen molar-refractivity contribution in [3.05, 3.63) is 47.1 Å². The Morgan fingerprint density at radius 3 is 2.70 bits per heavy atom. The molecule has 11 heteroatoms. The Hall–Kier alpha value is -3.02. The average molecular weight is 461 g/mol. The molecule has 2 N–H and O–H groups in total. The molecule has 0 saturated carbocycles. The van der Waals surface area contributed by atoms with Gasteiger partial charge in [-0.15, -0.1) is 11.3 Å². The van der Waals surface area contributed by atoms with Gasteiger partial charge in [0.25, 0.3) is 5.91 Å². The van der Waals surface area contributed by atoms with E-state index in [1.54, 1.807) is 12.1 Å². The van der Waals surface area contributed by atoms with Crippen LogP contribution in [0.3, 0.4) is 0 Å². The molecule has 152 valence electrons. The lowest BCUT2D eigenvalue weighted by molar-refractivity contribution is -0.150. The number of benzene rings is 1. The van der Waals surface area contributed by atoms with E-state index in [4.69, 9.17) is 21.7 Å². The van der Waals surface area contributed by atoms with E-state index in [-0.39, 0.29) is 9.23 Å². The molecule has 2 aromatic heterocycles. The zero-order valence-corrected chi connectivity index (χ0v) is 17.4. The number of fused-ring (bicyclic) bond motifs is 1. The Bertz CT molecular complexity index is 1190. The van der Waals surface area contributed by atoms with Gasteiger partial charge in [-0.25, -0.2) is 9.78 Å². The molecular formula is C19H12N2O6S3. The average Bonchev–Trinajstić information content (AvgIpc) is 3.38. The standard InChI is InChI=1S/C19H12N2O6S3/c22-15(23)8-11(18(25)26)21-17(24)14(30-19(21)28)7-9-5-6-12(27-9)16-20-10-3-1-2-4-13(10)29-16/h1-7,11H,8H2,(H,22,23)(H,25,26)/b14-7+/t11-/m0/s1. The summed E-state index contributed by atoms with van der Waals surface area (Å²) >= 11 is 7.48. The number of carbonyl (C=O) groups is 3. The van der Waals surface area contributed by atoms with E-state index >= 15 is 0 Å². The first-order valence-corrected chi connectivity index (χ1v) is 10.5. The molecule has 0 radical (unpaired) electrons. The molecule has 1 atom stereocenters. The number of furan rings is 1. The molecule has 1 aliphatic rings. The number of carboxylic acids is 2. The third-order valence-corrected chi connectivity index (χ3v) is 6.57. The number of hydrogen-bond acceptors (Lipinski definition) is 8. The minimum absolute atomic E-state index is 0.0159. The molecule has 0 aliphatic carbocycles. The summed E-state index contributed by atoms with van der Waals surface area (Å²) in [6.07, 6.45) is 0.702. The third-order valence-electron chi connectivity index (χ3n) is 4.19. The second-order valence-corrected chi connectivity index (χ2v) is 8.90. The number of thioether (sulfide) groups is 1. The monoisotopic (exact) mass is 460 g/mol. The van der Waals surface area contributed by atoms with Crippen LogP contribution in [0.25, 0.3) is 27.1 Å². The predicted octanol–water partition coefficient (Wildman–Crippen LogP) is 3.69. The molecule has 1 saturated heterocycles. The molecule has 0 spiro atoms. The van der Waals surface area contributed by atoms with Crippen LogP contribution in [0.1, 0.15) is 12.2 Å². The van der Waals surface area contributed by atoms with Crippen LogP contribution in [0, 0.1) is 0 Å². The van der Waals surface area contributed by atoms with Gasteiger partial charge in [-0.1, -0.05) is 36.1 Å².